The number of alkyl halides is 6. The third-order valence-corrected chi connectivity index (χ3v) is 6.99. The fourth-order valence-corrected chi connectivity index (χ4v) is 4.68. The maximum absolute atomic E-state index is 13.7. The van der Waals surface area contributed by atoms with Crippen molar-refractivity contribution >= 4 is 17.7 Å². The maximum atomic E-state index is 13.7. The zero-order chi connectivity index (χ0) is 33.5. The predicted molar refractivity (Wildman–Crippen MR) is 155 cm³/mol. The molecule has 4 aromatic rings. The second-order valence-corrected chi connectivity index (χ2v) is 10.5. The molecule has 0 aliphatic rings. The molecule has 0 aliphatic carbocycles. The first-order chi connectivity index (χ1) is 21.7. The Morgan fingerprint density at radius 1 is 0.783 bits per heavy atom. The van der Waals surface area contributed by atoms with Crippen LogP contribution in [0.4, 0.5) is 26.3 Å². The summed E-state index contributed by atoms with van der Waals surface area (Å²) in [5, 5.41) is 4.90. The van der Waals surface area contributed by atoms with E-state index >= 15 is 0 Å². The average Bonchev–Trinajstić information content (AvgIpc) is 3.53. The number of aromatic nitrogens is 2. The van der Waals surface area contributed by atoms with Gasteiger partial charge in [-0.2, -0.15) is 26.3 Å². The number of halogens is 6. The lowest BCUT2D eigenvalue weighted by molar-refractivity contribution is -0.143. The van der Waals surface area contributed by atoms with Gasteiger partial charge in [0.15, 0.2) is 0 Å². The Morgan fingerprint density at radius 3 is 1.87 bits per heavy atom. The molecule has 0 radical (unpaired) electrons. The lowest BCUT2D eigenvalue weighted by Crippen LogP contribution is -2.55. The fourth-order valence-electron chi connectivity index (χ4n) is 4.68. The van der Waals surface area contributed by atoms with E-state index in [1.165, 1.54) is 24.5 Å². The minimum absolute atomic E-state index is 0.0295. The minimum atomic E-state index is -5.18. The van der Waals surface area contributed by atoms with Crippen LogP contribution in [0, 0.1) is 0 Å². The molecule has 1 aromatic heterocycles. The third-order valence-electron chi connectivity index (χ3n) is 6.99. The van der Waals surface area contributed by atoms with Gasteiger partial charge in [-0.3, -0.25) is 14.4 Å². The summed E-state index contributed by atoms with van der Waals surface area (Å²) in [6.07, 6.45) is -7.73. The van der Waals surface area contributed by atoms with Crippen LogP contribution in [0.15, 0.2) is 91.4 Å². The number of aromatic amines is 1. The molecule has 0 fully saturated rings. The van der Waals surface area contributed by atoms with E-state index in [0.717, 1.165) is 5.56 Å². The number of carbonyl (C=O) groups excluding carboxylic acids is 3. The lowest BCUT2D eigenvalue weighted by Gasteiger charge is -2.27. The van der Waals surface area contributed by atoms with Crippen molar-refractivity contribution in [3.05, 3.63) is 125 Å². The second kappa shape index (κ2) is 14.3. The Kier molecular flexibility index (Phi) is 10.5. The molecule has 8 nitrogen and oxygen atoms in total. The molecule has 46 heavy (non-hydrogen) atoms. The fraction of sp³-hybridized carbons (Fsp3) is 0.250. The van der Waals surface area contributed by atoms with E-state index < -0.39 is 58.8 Å². The normalized spacial score (nSPS) is 13.0. The van der Waals surface area contributed by atoms with Crippen molar-refractivity contribution < 1.29 is 40.7 Å². The van der Waals surface area contributed by atoms with E-state index in [2.05, 4.69) is 20.6 Å². The summed E-state index contributed by atoms with van der Waals surface area (Å²) < 4.78 is 80.7. The van der Waals surface area contributed by atoms with Crippen LogP contribution in [0.3, 0.4) is 0 Å². The summed E-state index contributed by atoms with van der Waals surface area (Å²) in [7, 11) is 1.54. The van der Waals surface area contributed by atoms with Gasteiger partial charge in [0.2, 0.25) is 11.8 Å². The number of amides is 3. The van der Waals surface area contributed by atoms with Gasteiger partial charge in [-0.25, -0.2) is 4.98 Å². The number of hydrogen-bond donors (Lipinski definition) is 3. The average molecular weight is 646 g/mol. The Morgan fingerprint density at radius 2 is 1.35 bits per heavy atom. The van der Waals surface area contributed by atoms with Crippen LogP contribution < -0.4 is 10.6 Å². The highest BCUT2D eigenvalue weighted by atomic mass is 19.4. The number of H-pyrrole nitrogens is 1. The number of benzene rings is 3. The molecular formula is C32H29F6N5O3. The highest BCUT2D eigenvalue weighted by Crippen LogP contribution is 2.36. The van der Waals surface area contributed by atoms with Gasteiger partial charge in [0.05, 0.1) is 17.5 Å². The molecule has 242 valence electrons. The van der Waals surface area contributed by atoms with Gasteiger partial charge in [0, 0.05) is 43.9 Å². The van der Waals surface area contributed by atoms with E-state index in [4.69, 9.17) is 0 Å². The molecule has 0 saturated heterocycles. The van der Waals surface area contributed by atoms with Gasteiger partial charge in [0.25, 0.3) is 5.91 Å². The van der Waals surface area contributed by atoms with Crippen LogP contribution in [0.5, 0.6) is 0 Å². The standard InChI is InChI=1S/C32H29F6N5O3/c1-43(18-21-10-6-3-7-11-21)30(46)27(16-25-17-39-19-40-25)42-29(45)26(12-20-8-4-2-5-9-20)41-28(44)22-13-23(31(33,34)35)15-24(14-22)32(36,37)38/h2-11,13-15,17,19,26-27H,12,16,18H2,1H3,(H,39,40)(H,41,44)(H,42,45)/t26-,27-/m0/s1. The zero-order valence-electron chi connectivity index (χ0n) is 24.3. The van der Waals surface area contributed by atoms with E-state index in [9.17, 15) is 40.7 Å². The number of carbonyl (C=O) groups is 3. The maximum Gasteiger partial charge on any atom is 0.416 e. The Labute approximate surface area is 259 Å². The Bertz CT molecular complexity index is 1600. The summed E-state index contributed by atoms with van der Waals surface area (Å²) in [5.74, 6) is -2.72. The topological polar surface area (TPSA) is 107 Å². The van der Waals surface area contributed by atoms with Crippen LogP contribution in [-0.4, -0.2) is 51.7 Å². The van der Waals surface area contributed by atoms with E-state index in [-0.39, 0.29) is 37.6 Å². The quantitative estimate of drug-likeness (QED) is 0.196. The summed E-state index contributed by atoms with van der Waals surface area (Å²) in [5.41, 5.74) is -2.45. The summed E-state index contributed by atoms with van der Waals surface area (Å²) in [6, 6.07) is 15.1. The zero-order valence-corrected chi connectivity index (χ0v) is 24.3. The van der Waals surface area contributed by atoms with Gasteiger partial charge in [0.1, 0.15) is 12.1 Å². The number of nitrogens with zero attached hydrogens (tertiary/aromatic N) is 2. The van der Waals surface area contributed by atoms with Gasteiger partial charge in [-0.05, 0) is 29.3 Å². The molecule has 3 N–H and O–H groups in total. The van der Waals surface area contributed by atoms with Crippen LogP contribution in [0.25, 0.3) is 0 Å². The molecule has 4 rings (SSSR count). The predicted octanol–water partition coefficient (Wildman–Crippen LogP) is 5.17. The van der Waals surface area contributed by atoms with Gasteiger partial charge < -0.3 is 20.5 Å². The highest BCUT2D eigenvalue weighted by molar-refractivity contribution is 5.99. The van der Waals surface area contributed by atoms with Crippen molar-refractivity contribution in [2.24, 2.45) is 0 Å². The van der Waals surface area contributed by atoms with Gasteiger partial charge >= 0.3 is 12.4 Å². The molecule has 0 saturated carbocycles. The Hall–Kier alpha value is -5.14. The van der Waals surface area contributed by atoms with Crippen LogP contribution in [-0.2, 0) is 41.3 Å². The van der Waals surface area contributed by atoms with Crippen molar-refractivity contribution in [1.82, 2.24) is 25.5 Å². The largest absolute Gasteiger partial charge is 0.416 e. The number of nitrogens with one attached hydrogen (secondary N) is 3. The number of imidazole rings is 1. The third kappa shape index (κ3) is 9.19. The number of rotatable bonds is 11. The number of likely N-dealkylation sites (N-methyl/N-ethyl adjacent to an activating group) is 1. The first kappa shape index (κ1) is 33.7. The first-order valence-electron chi connectivity index (χ1n) is 13.9. The molecule has 0 spiro atoms. The molecular weight excluding hydrogens is 616 g/mol. The van der Waals surface area contributed by atoms with Crippen molar-refractivity contribution in [2.75, 3.05) is 7.05 Å². The van der Waals surface area contributed by atoms with Gasteiger partial charge in [-0.15, -0.1) is 0 Å². The SMILES string of the molecule is CN(Cc1ccccc1)C(=O)[C@H](Cc1cnc[nH]1)NC(=O)[C@H](Cc1ccccc1)NC(=O)c1cc(C(F)(F)F)cc(C(F)(F)F)c1. The van der Waals surface area contributed by atoms with E-state index in [1.807, 2.05) is 18.2 Å². The molecule has 2 atom stereocenters. The molecule has 3 aromatic carbocycles. The minimum Gasteiger partial charge on any atom is -0.348 e. The Balaban J connectivity index is 1.63. The van der Waals surface area contributed by atoms with Crippen molar-refractivity contribution in [3.63, 3.8) is 0 Å². The van der Waals surface area contributed by atoms with E-state index in [1.54, 1.807) is 42.5 Å². The lowest BCUT2D eigenvalue weighted by atomic mass is 10.0. The number of hydrogen-bond acceptors (Lipinski definition) is 4. The van der Waals surface area contributed by atoms with Crippen LogP contribution in [0.1, 0.15) is 38.3 Å². The molecule has 0 unspecified atom stereocenters. The second-order valence-electron chi connectivity index (χ2n) is 10.5. The van der Waals surface area contributed by atoms with Crippen molar-refractivity contribution in [2.45, 2.75) is 43.8 Å². The van der Waals surface area contributed by atoms with Crippen molar-refractivity contribution in [3.8, 4) is 0 Å². The molecule has 3 amide bonds. The summed E-state index contributed by atoms with van der Waals surface area (Å²) in [4.78, 5) is 48.6. The van der Waals surface area contributed by atoms with Crippen LogP contribution >= 0.6 is 0 Å². The van der Waals surface area contributed by atoms with Gasteiger partial charge in [-0.1, -0.05) is 60.7 Å². The smallest absolute Gasteiger partial charge is 0.348 e. The molecule has 1 heterocycles. The monoisotopic (exact) mass is 645 g/mol. The summed E-state index contributed by atoms with van der Waals surface area (Å²) >= 11 is 0. The highest BCUT2D eigenvalue weighted by Gasteiger charge is 2.38. The molecule has 0 aliphatic heterocycles. The molecule has 0 bridgehead atoms. The molecule has 14 heteroatoms. The van der Waals surface area contributed by atoms with E-state index in [0.29, 0.717) is 11.3 Å². The van der Waals surface area contributed by atoms with Crippen molar-refractivity contribution in [1.29, 1.82) is 0 Å². The van der Waals surface area contributed by atoms with Crippen LogP contribution in [0.2, 0.25) is 0 Å². The summed E-state index contributed by atoms with van der Waals surface area (Å²) in [6.45, 7) is 0.205. The first-order valence-corrected chi connectivity index (χ1v) is 13.9.